The molecule has 3 rings (SSSR count). The Labute approximate surface area is 126 Å². The molecule has 2 N–H and O–H groups in total. The van der Waals surface area contributed by atoms with Gasteiger partial charge in [0, 0.05) is 10.9 Å². The molecule has 2 aromatic heterocycles. The Hall–Kier alpha value is -1.71. The predicted molar refractivity (Wildman–Crippen MR) is 84.6 cm³/mol. The van der Waals surface area contributed by atoms with E-state index in [2.05, 4.69) is 15.3 Å². The van der Waals surface area contributed by atoms with Crippen LogP contribution in [0.25, 0.3) is 10.9 Å². The molecule has 0 bridgehead atoms. The highest BCUT2D eigenvalue weighted by molar-refractivity contribution is 6.36. The SMILES string of the molecule is Cc1cc(NCc2[nH]c3ccccc3c2Cl)cnc1Cl. The molecule has 0 aliphatic heterocycles. The van der Waals surface area contributed by atoms with Crippen LogP contribution in [0.4, 0.5) is 5.69 Å². The average Bonchev–Trinajstić information content (AvgIpc) is 2.77. The average molecular weight is 306 g/mol. The number of aromatic nitrogens is 2. The fourth-order valence-corrected chi connectivity index (χ4v) is 2.51. The zero-order chi connectivity index (χ0) is 14.1. The van der Waals surface area contributed by atoms with Crippen LogP contribution in [-0.4, -0.2) is 9.97 Å². The maximum Gasteiger partial charge on any atom is 0.132 e. The molecule has 3 nitrogen and oxygen atoms in total. The minimum atomic E-state index is 0.527. The van der Waals surface area contributed by atoms with Crippen molar-refractivity contribution in [2.24, 2.45) is 0 Å². The van der Waals surface area contributed by atoms with E-state index in [4.69, 9.17) is 23.2 Å². The summed E-state index contributed by atoms with van der Waals surface area (Å²) in [6.45, 7) is 2.53. The van der Waals surface area contributed by atoms with Crippen molar-refractivity contribution in [3.05, 3.63) is 58.0 Å². The molecule has 102 valence electrons. The quantitative estimate of drug-likeness (QED) is 0.683. The number of aryl methyl sites for hydroxylation is 1. The van der Waals surface area contributed by atoms with E-state index in [1.807, 2.05) is 37.3 Å². The van der Waals surface area contributed by atoms with Gasteiger partial charge >= 0.3 is 0 Å². The van der Waals surface area contributed by atoms with Crippen LogP contribution in [0.1, 0.15) is 11.3 Å². The summed E-state index contributed by atoms with van der Waals surface area (Å²) in [7, 11) is 0. The van der Waals surface area contributed by atoms with Crippen LogP contribution < -0.4 is 5.32 Å². The molecular formula is C15H13Cl2N3. The van der Waals surface area contributed by atoms with Crippen LogP contribution >= 0.6 is 23.2 Å². The normalized spacial score (nSPS) is 10.9. The van der Waals surface area contributed by atoms with Crippen molar-refractivity contribution in [2.45, 2.75) is 13.5 Å². The second kappa shape index (κ2) is 5.35. The number of anilines is 1. The van der Waals surface area contributed by atoms with Gasteiger partial charge in [0.15, 0.2) is 0 Å². The van der Waals surface area contributed by atoms with Crippen LogP contribution in [0.2, 0.25) is 10.2 Å². The lowest BCUT2D eigenvalue weighted by Gasteiger charge is -2.06. The zero-order valence-corrected chi connectivity index (χ0v) is 12.4. The first-order chi connectivity index (χ1) is 9.65. The van der Waals surface area contributed by atoms with Gasteiger partial charge < -0.3 is 10.3 Å². The largest absolute Gasteiger partial charge is 0.378 e. The van der Waals surface area contributed by atoms with E-state index in [0.29, 0.717) is 11.7 Å². The highest BCUT2D eigenvalue weighted by atomic mass is 35.5. The fraction of sp³-hybridized carbons (Fsp3) is 0.133. The standard InChI is InChI=1S/C15H13Cl2N3/c1-9-6-10(7-19-15(9)17)18-8-13-14(16)11-4-2-3-5-12(11)20-13/h2-7,18,20H,8H2,1H3. The molecule has 0 spiro atoms. The van der Waals surface area contributed by atoms with Crippen molar-refractivity contribution in [3.63, 3.8) is 0 Å². The van der Waals surface area contributed by atoms with E-state index in [-0.39, 0.29) is 0 Å². The summed E-state index contributed by atoms with van der Waals surface area (Å²) in [4.78, 5) is 7.44. The van der Waals surface area contributed by atoms with Gasteiger partial charge in [0.25, 0.3) is 0 Å². The van der Waals surface area contributed by atoms with Gasteiger partial charge in [-0.1, -0.05) is 41.4 Å². The Morgan fingerprint density at radius 2 is 2.05 bits per heavy atom. The van der Waals surface area contributed by atoms with Crippen molar-refractivity contribution in [1.29, 1.82) is 0 Å². The van der Waals surface area contributed by atoms with E-state index >= 15 is 0 Å². The predicted octanol–water partition coefficient (Wildman–Crippen LogP) is 4.79. The van der Waals surface area contributed by atoms with E-state index in [1.165, 1.54) is 0 Å². The third-order valence-corrected chi connectivity index (χ3v) is 4.03. The van der Waals surface area contributed by atoms with Gasteiger partial charge in [-0.25, -0.2) is 4.98 Å². The number of hydrogen-bond donors (Lipinski definition) is 2. The Bertz CT molecular complexity index is 765. The summed E-state index contributed by atoms with van der Waals surface area (Å²) >= 11 is 12.3. The highest BCUT2D eigenvalue weighted by Crippen LogP contribution is 2.27. The second-order valence-electron chi connectivity index (χ2n) is 4.65. The first kappa shape index (κ1) is 13.3. The third kappa shape index (κ3) is 2.47. The van der Waals surface area contributed by atoms with Crippen LogP contribution in [0.3, 0.4) is 0 Å². The van der Waals surface area contributed by atoms with Crippen molar-refractivity contribution >= 4 is 39.8 Å². The van der Waals surface area contributed by atoms with Crippen LogP contribution in [0, 0.1) is 6.92 Å². The molecule has 3 aromatic rings. The maximum atomic E-state index is 6.37. The first-order valence-electron chi connectivity index (χ1n) is 6.26. The summed E-state index contributed by atoms with van der Waals surface area (Å²) in [5.74, 6) is 0. The number of rotatable bonds is 3. The summed E-state index contributed by atoms with van der Waals surface area (Å²) < 4.78 is 0. The maximum absolute atomic E-state index is 6.37. The molecule has 0 radical (unpaired) electrons. The summed E-state index contributed by atoms with van der Waals surface area (Å²) in [6, 6.07) is 9.95. The lowest BCUT2D eigenvalue weighted by Crippen LogP contribution is -2.01. The molecule has 2 heterocycles. The number of benzene rings is 1. The highest BCUT2D eigenvalue weighted by Gasteiger charge is 2.08. The number of fused-ring (bicyclic) bond motifs is 1. The van der Waals surface area contributed by atoms with Crippen molar-refractivity contribution in [3.8, 4) is 0 Å². The van der Waals surface area contributed by atoms with E-state index < -0.39 is 0 Å². The zero-order valence-electron chi connectivity index (χ0n) is 10.9. The number of nitrogens with zero attached hydrogens (tertiary/aromatic N) is 1. The Morgan fingerprint density at radius 3 is 2.80 bits per heavy atom. The van der Waals surface area contributed by atoms with Crippen LogP contribution in [0.5, 0.6) is 0 Å². The summed E-state index contributed by atoms with van der Waals surface area (Å²) in [5.41, 5.74) is 3.86. The fourth-order valence-electron chi connectivity index (χ4n) is 2.13. The molecule has 5 heteroatoms. The molecule has 0 amide bonds. The van der Waals surface area contributed by atoms with Crippen molar-refractivity contribution < 1.29 is 0 Å². The van der Waals surface area contributed by atoms with Crippen molar-refractivity contribution in [1.82, 2.24) is 9.97 Å². The Balaban J connectivity index is 1.83. The van der Waals surface area contributed by atoms with Gasteiger partial charge in [-0.3, -0.25) is 0 Å². The molecule has 0 fully saturated rings. The number of hydrogen-bond acceptors (Lipinski definition) is 2. The topological polar surface area (TPSA) is 40.7 Å². The first-order valence-corrected chi connectivity index (χ1v) is 7.02. The number of halogens is 2. The summed E-state index contributed by atoms with van der Waals surface area (Å²) in [5, 5.41) is 5.62. The Morgan fingerprint density at radius 1 is 1.25 bits per heavy atom. The number of nitrogens with one attached hydrogen (secondary N) is 2. The lowest BCUT2D eigenvalue weighted by atomic mass is 10.2. The molecule has 0 saturated carbocycles. The van der Waals surface area contributed by atoms with E-state index in [9.17, 15) is 0 Å². The molecular weight excluding hydrogens is 293 g/mol. The molecule has 0 saturated heterocycles. The second-order valence-corrected chi connectivity index (χ2v) is 5.38. The minimum absolute atomic E-state index is 0.527. The monoisotopic (exact) mass is 305 g/mol. The molecule has 1 aromatic carbocycles. The number of H-pyrrole nitrogens is 1. The number of pyridine rings is 1. The van der Waals surface area contributed by atoms with Crippen LogP contribution in [-0.2, 0) is 6.54 Å². The van der Waals surface area contributed by atoms with Gasteiger partial charge in [0.1, 0.15) is 5.15 Å². The molecule has 20 heavy (non-hydrogen) atoms. The number of aromatic amines is 1. The molecule has 0 unspecified atom stereocenters. The van der Waals surface area contributed by atoms with Gasteiger partial charge in [-0.15, -0.1) is 0 Å². The van der Waals surface area contributed by atoms with Gasteiger partial charge in [-0.05, 0) is 24.6 Å². The van der Waals surface area contributed by atoms with E-state index in [0.717, 1.165) is 32.9 Å². The molecule has 0 aliphatic carbocycles. The summed E-state index contributed by atoms with van der Waals surface area (Å²) in [6.07, 6.45) is 1.71. The number of para-hydroxylation sites is 1. The molecule has 0 atom stereocenters. The van der Waals surface area contributed by atoms with Gasteiger partial charge in [-0.2, -0.15) is 0 Å². The van der Waals surface area contributed by atoms with Crippen LogP contribution in [0.15, 0.2) is 36.5 Å². The van der Waals surface area contributed by atoms with Gasteiger partial charge in [0.2, 0.25) is 0 Å². The molecule has 0 aliphatic rings. The third-order valence-electron chi connectivity index (χ3n) is 3.20. The smallest absolute Gasteiger partial charge is 0.132 e. The van der Waals surface area contributed by atoms with Gasteiger partial charge in [0.05, 0.1) is 29.1 Å². The van der Waals surface area contributed by atoms with Crippen molar-refractivity contribution in [2.75, 3.05) is 5.32 Å². The Kier molecular flexibility index (Phi) is 3.55. The minimum Gasteiger partial charge on any atom is -0.378 e. The van der Waals surface area contributed by atoms with E-state index in [1.54, 1.807) is 6.20 Å². The lowest BCUT2D eigenvalue weighted by molar-refractivity contribution is 1.08.